The summed E-state index contributed by atoms with van der Waals surface area (Å²) in [7, 11) is 0. The number of oxazole rings is 1. The Morgan fingerprint density at radius 1 is 1.03 bits per heavy atom. The monoisotopic (exact) mass is 465 g/mol. The van der Waals surface area contributed by atoms with Crippen LogP contribution in [0.2, 0.25) is 0 Å². The summed E-state index contributed by atoms with van der Waals surface area (Å²) in [4.78, 5) is 21.5. The lowest BCUT2D eigenvalue weighted by molar-refractivity contribution is -0.116. The number of benzene rings is 2. The lowest BCUT2D eigenvalue weighted by Crippen LogP contribution is -2.12. The molecule has 0 unspecified atom stereocenters. The average molecular weight is 466 g/mol. The molecule has 0 aliphatic rings. The van der Waals surface area contributed by atoms with E-state index in [-0.39, 0.29) is 12.3 Å². The second-order valence-corrected chi connectivity index (χ2v) is 8.87. The van der Waals surface area contributed by atoms with E-state index in [0.717, 1.165) is 28.0 Å². The van der Waals surface area contributed by atoms with Crippen LogP contribution in [0.4, 0.5) is 5.69 Å². The Hall–Kier alpha value is -4.26. The highest BCUT2D eigenvalue weighted by molar-refractivity contribution is 5.93. The molecule has 35 heavy (non-hydrogen) atoms. The van der Waals surface area contributed by atoms with Gasteiger partial charge in [0.2, 0.25) is 5.91 Å². The van der Waals surface area contributed by atoms with Gasteiger partial charge in [-0.25, -0.2) is 14.6 Å². The van der Waals surface area contributed by atoms with Gasteiger partial charge in [-0.3, -0.25) is 4.79 Å². The quantitative estimate of drug-likeness (QED) is 0.315. The number of pyridine rings is 1. The van der Waals surface area contributed by atoms with Crippen LogP contribution in [-0.2, 0) is 11.2 Å². The fourth-order valence-corrected chi connectivity index (χ4v) is 4.00. The third kappa shape index (κ3) is 4.84. The molecule has 1 N–H and O–H groups in total. The molecule has 0 atom stereocenters. The Bertz CT molecular complexity index is 1470. The summed E-state index contributed by atoms with van der Waals surface area (Å²) in [5, 5.41) is 8.44. The molecule has 0 bridgehead atoms. The highest BCUT2D eigenvalue weighted by Crippen LogP contribution is 2.25. The first-order chi connectivity index (χ1) is 17.0. The van der Waals surface area contributed by atoms with Crippen molar-refractivity contribution in [3.63, 3.8) is 0 Å². The minimum Gasteiger partial charge on any atom is -0.441 e. The van der Waals surface area contributed by atoms with Crippen LogP contribution in [0, 0.1) is 6.92 Å². The van der Waals surface area contributed by atoms with Crippen LogP contribution in [0.15, 0.2) is 77.5 Å². The number of fused-ring (bicyclic) bond motifs is 1. The number of hydrogen-bond acceptors (Lipinski definition) is 5. The first-order valence-corrected chi connectivity index (χ1v) is 11.7. The number of aryl methyl sites for hydroxylation is 2. The fourth-order valence-electron chi connectivity index (χ4n) is 4.00. The van der Waals surface area contributed by atoms with Crippen molar-refractivity contribution in [2.24, 2.45) is 0 Å². The first-order valence-electron chi connectivity index (χ1n) is 11.7. The van der Waals surface area contributed by atoms with Gasteiger partial charge in [0.25, 0.3) is 0 Å². The van der Waals surface area contributed by atoms with E-state index < -0.39 is 0 Å². The fraction of sp³-hybridized carbons (Fsp3) is 0.214. The normalized spacial score (nSPS) is 11.3. The van der Waals surface area contributed by atoms with E-state index in [1.165, 1.54) is 5.56 Å². The Kier molecular flexibility index (Phi) is 6.14. The van der Waals surface area contributed by atoms with Gasteiger partial charge in [-0.1, -0.05) is 56.3 Å². The number of aromatic nitrogens is 4. The standard InChI is InChI=1S/C28H27N5O2/c1-18(2)20-9-11-21(12-10-20)25-17-29-27(35-25)14-13-26(34)31-22-15-24-19(3)32-33(28(24)30-16-22)23-7-5-4-6-8-23/h4-12,15-18H,13-14H2,1-3H3,(H,31,34). The molecule has 0 spiro atoms. The van der Waals surface area contributed by atoms with Crippen molar-refractivity contribution >= 4 is 22.6 Å². The first kappa shape index (κ1) is 22.5. The zero-order valence-electron chi connectivity index (χ0n) is 20.0. The van der Waals surface area contributed by atoms with Crippen molar-refractivity contribution in [2.75, 3.05) is 5.32 Å². The van der Waals surface area contributed by atoms with Crippen molar-refractivity contribution in [1.82, 2.24) is 19.7 Å². The van der Waals surface area contributed by atoms with Crippen LogP contribution < -0.4 is 5.32 Å². The predicted molar refractivity (Wildman–Crippen MR) is 137 cm³/mol. The van der Waals surface area contributed by atoms with Crippen LogP contribution in [0.3, 0.4) is 0 Å². The molecule has 1 amide bonds. The molecule has 5 rings (SSSR count). The molecule has 2 aromatic carbocycles. The molecule has 7 nitrogen and oxygen atoms in total. The van der Waals surface area contributed by atoms with E-state index in [1.807, 2.05) is 60.1 Å². The Morgan fingerprint density at radius 3 is 2.54 bits per heavy atom. The smallest absolute Gasteiger partial charge is 0.224 e. The third-order valence-corrected chi connectivity index (χ3v) is 5.97. The Labute approximate surface area is 203 Å². The van der Waals surface area contributed by atoms with Crippen LogP contribution >= 0.6 is 0 Å². The molecule has 5 aromatic rings. The van der Waals surface area contributed by atoms with Crippen LogP contribution in [0.5, 0.6) is 0 Å². The van der Waals surface area contributed by atoms with Crippen LogP contribution in [0.1, 0.15) is 43.3 Å². The van der Waals surface area contributed by atoms with Gasteiger partial charge in [0, 0.05) is 23.8 Å². The Morgan fingerprint density at radius 2 is 1.80 bits per heavy atom. The predicted octanol–water partition coefficient (Wildman–Crippen LogP) is 6.08. The van der Waals surface area contributed by atoms with Crippen molar-refractivity contribution in [2.45, 2.75) is 39.5 Å². The number of amides is 1. The summed E-state index contributed by atoms with van der Waals surface area (Å²) >= 11 is 0. The molecule has 3 aromatic heterocycles. The second kappa shape index (κ2) is 9.54. The van der Waals surface area contributed by atoms with Gasteiger partial charge in [-0.05, 0) is 36.6 Å². The summed E-state index contributed by atoms with van der Waals surface area (Å²) < 4.78 is 7.69. The van der Waals surface area contributed by atoms with Gasteiger partial charge < -0.3 is 9.73 Å². The maximum absolute atomic E-state index is 12.6. The molecule has 0 saturated carbocycles. The number of hydrogen-bond donors (Lipinski definition) is 1. The maximum atomic E-state index is 12.6. The van der Waals surface area contributed by atoms with E-state index >= 15 is 0 Å². The molecule has 0 radical (unpaired) electrons. The molecule has 176 valence electrons. The average Bonchev–Trinajstić information content (AvgIpc) is 3.48. The Balaban J connectivity index is 1.23. The van der Waals surface area contributed by atoms with Gasteiger partial charge in [0.05, 0.1) is 29.5 Å². The van der Waals surface area contributed by atoms with Gasteiger partial charge in [0.1, 0.15) is 0 Å². The molecular formula is C28H27N5O2. The highest BCUT2D eigenvalue weighted by atomic mass is 16.4. The lowest BCUT2D eigenvalue weighted by atomic mass is 10.0. The number of nitrogens with one attached hydrogen (secondary N) is 1. The van der Waals surface area contributed by atoms with E-state index in [1.54, 1.807) is 12.4 Å². The minimum absolute atomic E-state index is 0.125. The third-order valence-electron chi connectivity index (χ3n) is 5.97. The van der Waals surface area contributed by atoms with E-state index in [4.69, 9.17) is 4.42 Å². The van der Waals surface area contributed by atoms with Crippen LogP contribution in [0.25, 0.3) is 28.0 Å². The van der Waals surface area contributed by atoms with Gasteiger partial charge in [-0.2, -0.15) is 5.10 Å². The molecule has 0 saturated heterocycles. The molecular weight excluding hydrogens is 438 g/mol. The number of anilines is 1. The number of nitrogens with zero attached hydrogens (tertiary/aromatic N) is 4. The molecule has 3 heterocycles. The maximum Gasteiger partial charge on any atom is 0.224 e. The summed E-state index contributed by atoms with van der Waals surface area (Å²) in [6.45, 7) is 6.27. The number of carbonyl (C=O) groups excluding carboxylic acids is 1. The van der Waals surface area contributed by atoms with E-state index in [2.05, 4.69) is 46.4 Å². The van der Waals surface area contributed by atoms with Crippen molar-refractivity contribution < 1.29 is 9.21 Å². The van der Waals surface area contributed by atoms with Crippen molar-refractivity contribution in [1.29, 1.82) is 0 Å². The molecule has 0 aliphatic heterocycles. The molecule has 0 aliphatic carbocycles. The molecule has 0 fully saturated rings. The summed E-state index contributed by atoms with van der Waals surface area (Å²) in [5.41, 5.74) is 5.43. The van der Waals surface area contributed by atoms with Gasteiger partial charge in [0.15, 0.2) is 17.3 Å². The molecule has 7 heteroatoms. The van der Waals surface area contributed by atoms with E-state index in [9.17, 15) is 4.79 Å². The highest BCUT2D eigenvalue weighted by Gasteiger charge is 2.13. The summed E-state index contributed by atoms with van der Waals surface area (Å²) in [6.07, 6.45) is 4.04. The van der Waals surface area contributed by atoms with Gasteiger partial charge in [-0.15, -0.1) is 0 Å². The largest absolute Gasteiger partial charge is 0.441 e. The topological polar surface area (TPSA) is 85.8 Å². The minimum atomic E-state index is -0.125. The number of carbonyl (C=O) groups is 1. The summed E-state index contributed by atoms with van der Waals surface area (Å²) in [5.74, 6) is 1.60. The van der Waals surface area contributed by atoms with Crippen molar-refractivity contribution in [3.8, 4) is 17.0 Å². The zero-order chi connectivity index (χ0) is 24.4. The second-order valence-electron chi connectivity index (χ2n) is 8.87. The van der Waals surface area contributed by atoms with E-state index in [0.29, 0.717) is 29.7 Å². The van der Waals surface area contributed by atoms with Gasteiger partial charge >= 0.3 is 0 Å². The lowest BCUT2D eigenvalue weighted by Gasteiger charge is -2.06. The summed E-state index contributed by atoms with van der Waals surface area (Å²) in [6, 6.07) is 20.1. The number of para-hydroxylation sites is 1. The van der Waals surface area contributed by atoms with Crippen LogP contribution in [-0.4, -0.2) is 25.7 Å². The zero-order valence-corrected chi connectivity index (χ0v) is 20.0. The number of rotatable bonds is 7. The van der Waals surface area contributed by atoms with Crippen molar-refractivity contribution in [3.05, 3.63) is 90.2 Å². The SMILES string of the molecule is Cc1nn(-c2ccccc2)c2ncc(NC(=O)CCc3ncc(-c4ccc(C(C)C)cc4)o3)cc12.